The third-order valence-electron chi connectivity index (χ3n) is 6.56. The van der Waals surface area contributed by atoms with Gasteiger partial charge in [-0.2, -0.15) is 4.31 Å². The van der Waals surface area contributed by atoms with E-state index >= 15 is 0 Å². The Bertz CT molecular complexity index is 1200. The van der Waals surface area contributed by atoms with Crippen LogP contribution in [0.25, 0.3) is 0 Å². The maximum absolute atomic E-state index is 13.2. The molecule has 34 heavy (non-hydrogen) atoms. The van der Waals surface area contributed by atoms with Crippen LogP contribution in [-0.4, -0.2) is 57.7 Å². The van der Waals surface area contributed by atoms with Gasteiger partial charge < -0.3 is 15.0 Å². The third kappa shape index (κ3) is 4.54. The first kappa shape index (κ1) is 24.2. The van der Waals surface area contributed by atoms with Crippen molar-refractivity contribution in [3.8, 4) is 5.75 Å². The second-order valence-corrected chi connectivity index (χ2v) is 11.2. The normalized spacial score (nSPS) is 18.0. The molecule has 8 nitrogen and oxygen atoms in total. The summed E-state index contributed by atoms with van der Waals surface area (Å²) >= 11 is 0. The molecule has 0 radical (unpaired) electrons. The van der Waals surface area contributed by atoms with Crippen molar-refractivity contribution in [2.24, 2.45) is 0 Å². The summed E-state index contributed by atoms with van der Waals surface area (Å²) in [6.45, 7) is 4.53. The highest BCUT2D eigenvalue weighted by atomic mass is 32.2. The van der Waals surface area contributed by atoms with Crippen LogP contribution in [0.5, 0.6) is 5.75 Å². The van der Waals surface area contributed by atoms with E-state index in [-0.39, 0.29) is 29.7 Å². The van der Waals surface area contributed by atoms with Gasteiger partial charge in [-0.1, -0.05) is 12.5 Å². The van der Waals surface area contributed by atoms with Crippen molar-refractivity contribution in [3.63, 3.8) is 0 Å². The zero-order chi connectivity index (χ0) is 24.5. The van der Waals surface area contributed by atoms with E-state index in [1.165, 1.54) is 9.21 Å². The smallest absolute Gasteiger partial charge is 0.243 e. The fourth-order valence-corrected chi connectivity index (χ4v) is 6.09. The molecule has 1 fully saturated rings. The predicted molar refractivity (Wildman–Crippen MR) is 131 cm³/mol. The molecule has 2 aliphatic rings. The van der Waals surface area contributed by atoms with E-state index in [1.807, 2.05) is 18.2 Å². The number of ether oxygens (including phenoxy) is 1. The van der Waals surface area contributed by atoms with E-state index in [2.05, 4.69) is 5.32 Å². The molecule has 0 aromatic heterocycles. The highest BCUT2D eigenvalue weighted by Crippen LogP contribution is 2.42. The zero-order valence-corrected chi connectivity index (χ0v) is 20.7. The third-order valence-corrected chi connectivity index (χ3v) is 8.45. The van der Waals surface area contributed by atoms with E-state index in [4.69, 9.17) is 4.74 Å². The molecule has 2 aliphatic heterocycles. The standard InChI is InChI=1S/C25H31N3O5S/c1-25(2)22-15-21(34(31,32)27-12-5-4-6-13-27)10-11-23(22)28(24(25)30)17-19(29)16-26-18-8-7-9-20(14-18)33-3/h7-11,14-15,26H,4-6,12-13,16-17H2,1-3H3. The monoisotopic (exact) mass is 485 g/mol. The van der Waals surface area contributed by atoms with Gasteiger partial charge in [-0.3, -0.25) is 9.59 Å². The quantitative estimate of drug-likeness (QED) is 0.617. The van der Waals surface area contributed by atoms with Gasteiger partial charge >= 0.3 is 0 Å². The molecule has 182 valence electrons. The topological polar surface area (TPSA) is 96.0 Å². The van der Waals surface area contributed by atoms with Crippen LogP contribution < -0.4 is 15.0 Å². The lowest BCUT2D eigenvalue weighted by Gasteiger charge is -2.26. The summed E-state index contributed by atoms with van der Waals surface area (Å²) in [5, 5.41) is 3.07. The number of hydrogen-bond acceptors (Lipinski definition) is 6. The lowest BCUT2D eigenvalue weighted by Crippen LogP contribution is -2.40. The first-order chi connectivity index (χ1) is 16.1. The average molecular weight is 486 g/mol. The van der Waals surface area contributed by atoms with Gasteiger partial charge in [0.1, 0.15) is 5.75 Å². The number of fused-ring (bicyclic) bond motifs is 1. The predicted octanol–water partition coefficient (Wildman–Crippen LogP) is 3.18. The van der Waals surface area contributed by atoms with E-state index in [9.17, 15) is 18.0 Å². The number of nitrogens with zero attached hydrogens (tertiary/aromatic N) is 2. The molecule has 0 bridgehead atoms. The Kier molecular flexibility index (Phi) is 6.69. The molecule has 1 N–H and O–H groups in total. The fraction of sp³-hybridized carbons (Fsp3) is 0.440. The Morgan fingerprint density at radius 1 is 1.09 bits per heavy atom. The molecule has 0 atom stereocenters. The summed E-state index contributed by atoms with van der Waals surface area (Å²) in [6, 6.07) is 12.1. The molecule has 9 heteroatoms. The van der Waals surface area contributed by atoms with Crippen LogP contribution in [-0.2, 0) is 25.0 Å². The number of carbonyl (C=O) groups is 2. The van der Waals surface area contributed by atoms with Crippen molar-refractivity contribution >= 4 is 33.1 Å². The number of amides is 1. The Morgan fingerprint density at radius 3 is 2.53 bits per heavy atom. The second-order valence-electron chi connectivity index (χ2n) is 9.28. The van der Waals surface area contributed by atoms with Crippen LogP contribution in [0.2, 0.25) is 0 Å². The van der Waals surface area contributed by atoms with Crippen molar-refractivity contribution < 1.29 is 22.7 Å². The molecule has 0 saturated carbocycles. The average Bonchev–Trinajstić information content (AvgIpc) is 3.03. The molecule has 4 rings (SSSR count). The van der Waals surface area contributed by atoms with Gasteiger partial charge in [-0.15, -0.1) is 0 Å². The first-order valence-corrected chi connectivity index (χ1v) is 12.9. The van der Waals surface area contributed by atoms with Crippen LogP contribution in [0, 0.1) is 0 Å². The molecular formula is C25H31N3O5S. The summed E-state index contributed by atoms with van der Waals surface area (Å²) in [7, 11) is -2.05. The van der Waals surface area contributed by atoms with Crippen LogP contribution in [0.4, 0.5) is 11.4 Å². The number of ketones is 1. The molecule has 2 aromatic carbocycles. The lowest BCUT2D eigenvalue weighted by molar-refractivity contribution is -0.124. The van der Waals surface area contributed by atoms with Crippen molar-refractivity contribution in [1.82, 2.24) is 4.31 Å². The fourth-order valence-electron chi connectivity index (χ4n) is 4.55. The Balaban J connectivity index is 1.52. The minimum atomic E-state index is -3.62. The molecule has 1 saturated heterocycles. The van der Waals surface area contributed by atoms with Crippen molar-refractivity contribution in [2.75, 3.05) is 43.5 Å². The van der Waals surface area contributed by atoms with Crippen molar-refractivity contribution in [1.29, 1.82) is 0 Å². The summed E-state index contributed by atoms with van der Waals surface area (Å²) in [6.07, 6.45) is 2.75. The van der Waals surface area contributed by atoms with Gasteiger partial charge in [0.15, 0.2) is 5.78 Å². The Hall–Kier alpha value is -2.91. The number of piperidine rings is 1. The molecule has 1 amide bonds. The van der Waals surface area contributed by atoms with Gasteiger partial charge in [0.2, 0.25) is 15.9 Å². The molecule has 0 unspecified atom stereocenters. The number of anilines is 2. The Labute approximate surface area is 200 Å². The lowest BCUT2D eigenvalue weighted by atomic mass is 9.86. The number of rotatable bonds is 8. The van der Waals surface area contributed by atoms with Gasteiger partial charge in [-0.05, 0) is 62.6 Å². The summed E-state index contributed by atoms with van der Waals surface area (Å²) in [4.78, 5) is 27.6. The second kappa shape index (κ2) is 9.38. The van der Waals surface area contributed by atoms with Gasteiger partial charge in [-0.25, -0.2) is 8.42 Å². The summed E-state index contributed by atoms with van der Waals surface area (Å²) in [5.74, 6) is 0.299. The zero-order valence-electron chi connectivity index (χ0n) is 19.8. The van der Waals surface area contributed by atoms with Crippen molar-refractivity contribution in [3.05, 3.63) is 48.0 Å². The molecule has 0 aliphatic carbocycles. The number of Topliss-reactive ketones (excluding diaryl/α,β-unsaturated/α-hetero) is 1. The number of methoxy groups -OCH3 is 1. The van der Waals surface area contributed by atoms with E-state index in [0.717, 1.165) is 24.9 Å². The minimum Gasteiger partial charge on any atom is -0.497 e. The van der Waals surface area contributed by atoms with E-state index in [0.29, 0.717) is 30.1 Å². The largest absolute Gasteiger partial charge is 0.497 e. The first-order valence-electron chi connectivity index (χ1n) is 11.5. The highest BCUT2D eigenvalue weighted by molar-refractivity contribution is 7.89. The molecule has 0 spiro atoms. The molecule has 2 heterocycles. The van der Waals surface area contributed by atoms with Crippen molar-refractivity contribution in [2.45, 2.75) is 43.4 Å². The van der Waals surface area contributed by atoms with Gasteiger partial charge in [0, 0.05) is 30.5 Å². The van der Waals surface area contributed by atoms with Gasteiger partial charge in [0.25, 0.3) is 0 Å². The van der Waals surface area contributed by atoms with E-state index in [1.54, 1.807) is 45.2 Å². The number of benzene rings is 2. The maximum Gasteiger partial charge on any atom is 0.243 e. The SMILES string of the molecule is COc1cccc(NCC(=O)CN2C(=O)C(C)(C)c3cc(S(=O)(=O)N4CCCCC4)ccc32)c1. The summed E-state index contributed by atoms with van der Waals surface area (Å²) < 4.78 is 33.0. The molecular weight excluding hydrogens is 454 g/mol. The van der Waals surface area contributed by atoms with E-state index < -0.39 is 15.4 Å². The Morgan fingerprint density at radius 2 is 1.82 bits per heavy atom. The number of carbonyl (C=O) groups excluding carboxylic acids is 2. The highest BCUT2D eigenvalue weighted by Gasteiger charge is 2.45. The minimum absolute atomic E-state index is 0.0497. The number of nitrogens with one attached hydrogen (secondary N) is 1. The number of hydrogen-bond donors (Lipinski definition) is 1. The van der Waals surface area contributed by atoms with Gasteiger partial charge in [0.05, 0.1) is 30.5 Å². The molecule has 2 aromatic rings. The van der Waals surface area contributed by atoms with Crippen LogP contribution >= 0.6 is 0 Å². The number of sulfonamides is 1. The maximum atomic E-state index is 13.2. The van der Waals surface area contributed by atoms with Crippen LogP contribution in [0.3, 0.4) is 0 Å². The van der Waals surface area contributed by atoms with Crippen LogP contribution in [0.1, 0.15) is 38.7 Å². The van der Waals surface area contributed by atoms with Crippen LogP contribution in [0.15, 0.2) is 47.4 Å². The summed E-state index contributed by atoms with van der Waals surface area (Å²) in [5.41, 5.74) is 1.03.